The molecule has 0 saturated heterocycles. The van der Waals surface area contributed by atoms with Gasteiger partial charge in [0.2, 0.25) is 5.91 Å². The molecule has 0 aromatic heterocycles. The molecule has 0 rings (SSSR count). The molecule has 0 saturated carbocycles. The highest BCUT2D eigenvalue weighted by Gasteiger charge is 2.18. The predicted molar refractivity (Wildman–Crippen MR) is 67.2 cm³/mol. The lowest BCUT2D eigenvalue weighted by Crippen LogP contribution is -2.23. The molecule has 2 N–H and O–H groups in total. The summed E-state index contributed by atoms with van der Waals surface area (Å²) < 4.78 is 4.68. The summed E-state index contributed by atoms with van der Waals surface area (Å²) in [5.74, 6) is -0.163. The molecule has 0 aliphatic rings. The van der Waals surface area contributed by atoms with Gasteiger partial charge in [0.05, 0.1) is 7.11 Å². The zero-order valence-corrected chi connectivity index (χ0v) is 11.2. The third-order valence-corrected chi connectivity index (χ3v) is 3.20. The first-order valence-electron chi connectivity index (χ1n) is 6.41. The monoisotopic (exact) mass is 243 g/mol. The summed E-state index contributed by atoms with van der Waals surface area (Å²) in [7, 11) is 1.41. The lowest BCUT2D eigenvalue weighted by atomic mass is 9.89. The second kappa shape index (κ2) is 9.02. The third kappa shape index (κ3) is 6.97. The van der Waals surface area contributed by atoms with Crippen molar-refractivity contribution in [2.45, 2.75) is 52.4 Å². The van der Waals surface area contributed by atoms with E-state index in [0.717, 1.165) is 32.1 Å². The molecular weight excluding hydrogens is 218 g/mol. The van der Waals surface area contributed by atoms with Crippen LogP contribution in [-0.4, -0.2) is 19.0 Å². The van der Waals surface area contributed by atoms with Gasteiger partial charge in [0.1, 0.15) is 0 Å². The van der Waals surface area contributed by atoms with E-state index in [0.29, 0.717) is 12.3 Å². The molecule has 0 heterocycles. The Morgan fingerprint density at radius 3 is 2.24 bits per heavy atom. The first kappa shape index (κ1) is 15.9. The zero-order chi connectivity index (χ0) is 13.3. The molecule has 0 aliphatic heterocycles. The molecule has 1 amide bonds. The number of carbonyl (C=O) groups is 2. The van der Waals surface area contributed by atoms with E-state index in [-0.39, 0.29) is 17.8 Å². The van der Waals surface area contributed by atoms with Crippen molar-refractivity contribution in [3.05, 3.63) is 0 Å². The number of carbonyl (C=O) groups excluding carboxylic acids is 2. The minimum atomic E-state index is -0.235. The van der Waals surface area contributed by atoms with Gasteiger partial charge in [-0.05, 0) is 25.2 Å². The van der Waals surface area contributed by atoms with Crippen molar-refractivity contribution in [2.24, 2.45) is 17.6 Å². The van der Waals surface area contributed by atoms with Gasteiger partial charge in [-0.15, -0.1) is 0 Å². The van der Waals surface area contributed by atoms with E-state index < -0.39 is 0 Å². The fraction of sp³-hybridized carbons (Fsp3) is 0.846. The summed E-state index contributed by atoms with van der Waals surface area (Å²) in [6.07, 6.45) is 4.88. The molecular formula is C13H25NO3. The highest BCUT2D eigenvalue weighted by molar-refractivity contribution is 5.76. The molecule has 0 bridgehead atoms. The maximum absolute atomic E-state index is 11.2. The lowest BCUT2D eigenvalue weighted by molar-refractivity contribution is -0.141. The number of esters is 1. The molecule has 17 heavy (non-hydrogen) atoms. The summed E-state index contributed by atoms with van der Waals surface area (Å²) in [6.45, 7) is 4.06. The fourth-order valence-corrected chi connectivity index (χ4v) is 2.06. The minimum Gasteiger partial charge on any atom is -0.469 e. The summed E-state index contributed by atoms with van der Waals surface area (Å²) in [5, 5.41) is 0. The van der Waals surface area contributed by atoms with Gasteiger partial charge in [-0.2, -0.15) is 0 Å². The van der Waals surface area contributed by atoms with Crippen LogP contribution in [0.15, 0.2) is 0 Å². The summed E-state index contributed by atoms with van der Waals surface area (Å²) in [6, 6.07) is 0. The van der Waals surface area contributed by atoms with Crippen LogP contribution in [0.25, 0.3) is 0 Å². The van der Waals surface area contributed by atoms with Crippen molar-refractivity contribution < 1.29 is 14.3 Å². The SMILES string of the molecule is CCCC(CC[C@@H](CC)C(N)=O)CC(=O)OC. The molecule has 0 spiro atoms. The highest BCUT2D eigenvalue weighted by Crippen LogP contribution is 2.22. The van der Waals surface area contributed by atoms with Crippen LogP contribution in [0, 0.1) is 11.8 Å². The number of rotatable bonds is 9. The Morgan fingerprint density at radius 2 is 1.82 bits per heavy atom. The lowest BCUT2D eigenvalue weighted by Gasteiger charge is -2.17. The van der Waals surface area contributed by atoms with Crippen molar-refractivity contribution in [3.63, 3.8) is 0 Å². The van der Waals surface area contributed by atoms with Crippen LogP contribution in [0.3, 0.4) is 0 Å². The molecule has 0 fully saturated rings. The highest BCUT2D eigenvalue weighted by atomic mass is 16.5. The maximum atomic E-state index is 11.2. The number of primary amides is 1. The molecule has 4 heteroatoms. The van der Waals surface area contributed by atoms with Crippen molar-refractivity contribution in [2.75, 3.05) is 7.11 Å². The van der Waals surface area contributed by atoms with E-state index in [1.807, 2.05) is 6.92 Å². The van der Waals surface area contributed by atoms with E-state index in [4.69, 9.17) is 5.73 Å². The number of methoxy groups -OCH3 is 1. The Kier molecular flexibility index (Phi) is 8.46. The van der Waals surface area contributed by atoms with Crippen LogP contribution < -0.4 is 5.73 Å². The van der Waals surface area contributed by atoms with Crippen molar-refractivity contribution >= 4 is 11.9 Å². The first-order valence-corrected chi connectivity index (χ1v) is 6.41. The van der Waals surface area contributed by atoms with Gasteiger partial charge in [0.15, 0.2) is 0 Å². The zero-order valence-electron chi connectivity index (χ0n) is 11.2. The Balaban J connectivity index is 4.15. The van der Waals surface area contributed by atoms with E-state index in [1.54, 1.807) is 0 Å². The minimum absolute atomic E-state index is 0.0630. The van der Waals surface area contributed by atoms with Crippen LogP contribution in [0.2, 0.25) is 0 Å². The van der Waals surface area contributed by atoms with Crippen LogP contribution in [-0.2, 0) is 14.3 Å². The normalized spacial score (nSPS) is 14.1. The summed E-state index contributed by atoms with van der Waals surface area (Å²) >= 11 is 0. The number of hydrogen-bond donors (Lipinski definition) is 1. The average Bonchev–Trinajstić information content (AvgIpc) is 2.29. The molecule has 0 aliphatic carbocycles. The standard InChI is InChI=1S/C13H25NO3/c1-4-6-10(9-12(15)17-3)7-8-11(5-2)13(14)16/h10-11H,4-9H2,1-3H3,(H2,14,16)/t10?,11-/m1/s1. The van der Waals surface area contributed by atoms with Crippen LogP contribution >= 0.6 is 0 Å². The van der Waals surface area contributed by atoms with Gasteiger partial charge in [-0.3, -0.25) is 9.59 Å². The molecule has 2 atom stereocenters. The molecule has 0 aromatic carbocycles. The number of amides is 1. The third-order valence-electron chi connectivity index (χ3n) is 3.20. The summed E-state index contributed by atoms with van der Waals surface area (Å²) in [5.41, 5.74) is 5.30. The van der Waals surface area contributed by atoms with E-state index in [9.17, 15) is 9.59 Å². The van der Waals surface area contributed by atoms with E-state index >= 15 is 0 Å². The topological polar surface area (TPSA) is 69.4 Å². The van der Waals surface area contributed by atoms with Crippen molar-refractivity contribution in [3.8, 4) is 0 Å². The molecule has 0 aromatic rings. The second-order valence-electron chi connectivity index (χ2n) is 4.52. The van der Waals surface area contributed by atoms with Gasteiger partial charge in [0.25, 0.3) is 0 Å². The van der Waals surface area contributed by atoms with Gasteiger partial charge < -0.3 is 10.5 Å². The van der Waals surface area contributed by atoms with Gasteiger partial charge in [-0.1, -0.05) is 26.7 Å². The fourth-order valence-electron chi connectivity index (χ4n) is 2.06. The Morgan fingerprint density at radius 1 is 1.18 bits per heavy atom. The largest absolute Gasteiger partial charge is 0.469 e. The first-order chi connectivity index (χ1) is 8.04. The Labute approximate surface area is 104 Å². The molecule has 4 nitrogen and oxygen atoms in total. The van der Waals surface area contributed by atoms with E-state index in [2.05, 4.69) is 11.7 Å². The van der Waals surface area contributed by atoms with Crippen LogP contribution in [0.1, 0.15) is 52.4 Å². The van der Waals surface area contributed by atoms with Crippen LogP contribution in [0.4, 0.5) is 0 Å². The number of ether oxygens (including phenoxy) is 1. The predicted octanol–water partition coefficient (Wildman–Crippen LogP) is 2.26. The Bertz CT molecular complexity index is 241. The molecule has 0 radical (unpaired) electrons. The summed E-state index contributed by atoms with van der Waals surface area (Å²) in [4.78, 5) is 22.3. The van der Waals surface area contributed by atoms with Gasteiger partial charge in [-0.25, -0.2) is 0 Å². The van der Waals surface area contributed by atoms with Crippen molar-refractivity contribution in [1.82, 2.24) is 0 Å². The maximum Gasteiger partial charge on any atom is 0.305 e. The number of nitrogens with two attached hydrogens (primary N) is 1. The average molecular weight is 243 g/mol. The quantitative estimate of drug-likeness (QED) is 0.631. The second-order valence-corrected chi connectivity index (χ2v) is 4.52. The smallest absolute Gasteiger partial charge is 0.305 e. The van der Waals surface area contributed by atoms with E-state index in [1.165, 1.54) is 7.11 Å². The Hall–Kier alpha value is -1.06. The molecule has 1 unspecified atom stereocenters. The number of hydrogen-bond acceptors (Lipinski definition) is 3. The van der Waals surface area contributed by atoms with Crippen LogP contribution in [0.5, 0.6) is 0 Å². The van der Waals surface area contributed by atoms with Gasteiger partial charge >= 0.3 is 5.97 Å². The van der Waals surface area contributed by atoms with Gasteiger partial charge in [0, 0.05) is 12.3 Å². The van der Waals surface area contributed by atoms with Crippen molar-refractivity contribution in [1.29, 1.82) is 0 Å². The molecule has 100 valence electrons.